The average molecular weight is 290 g/mol. The standard InChI is InChI=1S/C16H16ClNO2/c17-12-4-1-3-11(9-12)10-14(18)13-5-2-6-15-16(13)20-8-7-19-15/h1-6,9,14H,7-8,10,18H2. The number of para-hydroxylation sites is 1. The third kappa shape index (κ3) is 2.74. The minimum atomic E-state index is -0.148. The van der Waals surface area contributed by atoms with Gasteiger partial charge in [0.15, 0.2) is 11.5 Å². The van der Waals surface area contributed by atoms with Gasteiger partial charge >= 0.3 is 0 Å². The van der Waals surface area contributed by atoms with Crippen molar-refractivity contribution >= 4 is 11.6 Å². The zero-order chi connectivity index (χ0) is 13.9. The zero-order valence-corrected chi connectivity index (χ0v) is 11.8. The molecule has 1 atom stereocenters. The van der Waals surface area contributed by atoms with Crippen molar-refractivity contribution in [3.8, 4) is 11.5 Å². The molecule has 2 aromatic carbocycles. The van der Waals surface area contributed by atoms with Crippen LogP contribution in [-0.4, -0.2) is 13.2 Å². The van der Waals surface area contributed by atoms with Crippen LogP contribution in [-0.2, 0) is 6.42 Å². The highest BCUT2D eigenvalue weighted by molar-refractivity contribution is 6.30. The maximum absolute atomic E-state index is 6.32. The van der Waals surface area contributed by atoms with Crippen LogP contribution in [0.1, 0.15) is 17.2 Å². The van der Waals surface area contributed by atoms with Crippen molar-refractivity contribution in [1.29, 1.82) is 0 Å². The molecule has 0 amide bonds. The maximum atomic E-state index is 6.32. The number of fused-ring (bicyclic) bond motifs is 1. The van der Waals surface area contributed by atoms with Crippen molar-refractivity contribution in [2.75, 3.05) is 13.2 Å². The number of nitrogens with two attached hydrogens (primary N) is 1. The van der Waals surface area contributed by atoms with E-state index in [1.54, 1.807) is 0 Å². The molecule has 1 aliphatic heterocycles. The topological polar surface area (TPSA) is 44.5 Å². The molecule has 3 rings (SSSR count). The van der Waals surface area contributed by atoms with Crippen molar-refractivity contribution in [2.24, 2.45) is 5.73 Å². The van der Waals surface area contributed by atoms with Crippen molar-refractivity contribution in [1.82, 2.24) is 0 Å². The first-order valence-electron chi connectivity index (χ1n) is 6.62. The van der Waals surface area contributed by atoms with E-state index >= 15 is 0 Å². The number of halogens is 1. The van der Waals surface area contributed by atoms with Crippen molar-refractivity contribution in [3.63, 3.8) is 0 Å². The van der Waals surface area contributed by atoms with E-state index in [0.29, 0.717) is 19.6 Å². The van der Waals surface area contributed by atoms with Crippen LogP contribution >= 0.6 is 11.6 Å². The van der Waals surface area contributed by atoms with Crippen molar-refractivity contribution in [2.45, 2.75) is 12.5 Å². The summed E-state index contributed by atoms with van der Waals surface area (Å²) in [5, 5.41) is 0.726. The van der Waals surface area contributed by atoms with E-state index in [1.807, 2.05) is 42.5 Å². The van der Waals surface area contributed by atoms with Gasteiger partial charge in [-0.3, -0.25) is 0 Å². The summed E-state index contributed by atoms with van der Waals surface area (Å²) in [5.74, 6) is 1.54. The normalized spacial score (nSPS) is 14.9. The van der Waals surface area contributed by atoms with Gasteiger partial charge in [-0.1, -0.05) is 35.9 Å². The van der Waals surface area contributed by atoms with Gasteiger partial charge in [-0.25, -0.2) is 0 Å². The SMILES string of the molecule is NC(Cc1cccc(Cl)c1)c1cccc2c1OCCO2. The van der Waals surface area contributed by atoms with Gasteiger partial charge in [0.05, 0.1) is 0 Å². The second-order valence-corrected chi connectivity index (χ2v) is 5.25. The Kier molecular flexibility index (Phi) is 3.81. The molecular formula is C16H16ClNO2. The van der Waals surface area contributed by atoms with Gasteiger partial charge in [0, 0.05) is 16.6 Å². The molecule has 20 heavy (non-hydrogen) atoms. The molecule has 0 saturated carbocycles. The van der Waals surface area contributed by atoms with Crippen LogP contribution in [0.2, 0.25) is 5.02 Å². The number of ether oxygens (including phenoxy) is 2. The zero-order valence-electron chi connectivity index (χ0n) is 11.0. The van der Waals surface area contributed by atoms with E-state index in [0.717, 1.165) is 27.6 Å². The highest BCUT2D eigenvalue weighted by atomic mass is 35.5. The molecule has 104 valence electrons. The summed E-state index contributed by atoms with van der Waals surface area (Å²) >= 11 is 6.00. The molecule has 0 saturated heterocycles. The molecule has 0 aromatic heterocycles. The van der Waals surface area contributed by atoms with Crippen molar-refractivity contribution in [3.05, 3.63) is 58.6 Å². The quantitative estimate of drug-likeness (QED) is 0.942. The smallest absolute Gasteiger partial charge is 0.166 e. The summed E-state index contributed by atoms with van der Waals surface area (Å²) < 4.78 is 11.3. The molecule has 1 heterocycles. The van der Waals surface area contributed by atoms with E-state index < -0.39 is 0 Å². The highest BCUT2D eigenvalue weighted by Gasteiger charge is 2.19. The minimum Gasteiger partial charge on any atom is -0.486 e. The summed E-state index contributed by atoms with van der Waals surface area (Å²) in [4.78, 5) is 0. The van der Waals surface area contributed by atoms with Gasteiger partial charge in [-0.2, -0.15) is 0 Å². The van der Waals surface area contributed by atoms with Crippen LogP contribution in [0.5, 0.6) is 11.5 Å². The lowest BCUT2D eigenvalue weighted by atomic mass is 9.98. The monoisotopic (exact) mass is 289 g/mol. The number of hydrogen-bond donors (Lipinski definition) is 1. The average Bonchev–Trinajstić information content (AvgIpc) is 2.46. The first-order chi connectivity index (χ1) is 9.74. The summed E-state index contributed by atoms with van der Waals surface area (Å²) in [5.41, 5.74) is 8.41. The Morgan fingerprint density at radius 2 is 1.90 bits per heavy atom. The van der Waals surface area contributed by atoms with Crippen LogP contribution in [0.25, 0.3) is 0 Å². The first-order valence-corrected chi connectivity index (χ1v) is 7.00. The predicted octanol–water partition coefficient (Wildman–Crippen LogP) is 3.35. The lowest BCUT2D eigenvalue weighted by Gasteiger charge is -2.23. The molecule has 0 spiro atoms. The van der Waals surface area contributed by atoms with E-state index in [9.17, 15) is 0 Å². The van der Waals surface area contributed by atoms with Gasteiger partial charge in [0.2, 0.25) is 0 Å². The summed E-state index contributed by atoms with van der Waals surface area (Å²) in [6.45, 7) is 1.15. The third-order valence-electron chi connectivity index (χ3n) is 3.34. The van der Waals surface area contributed by atoms with E-state index in [-0.39, 0.29) is 6.04 Å². The minimum absolute atomic E-state index is 0.148. The van der Waals surface area contributed by atoms with Crippen molar-refractivity contribution < 1.29 is 9.47 Å². The van der Waals surface area contributed by atoms with E-state index in [4.69, 9.17) is 26.8 Å². The number of benzene rings is 2. The molecule has 2 N–H and O–H groups in total. The van der Waals surface area contributed by atoms with Crippen LogP contribution in [0, 0.1) is 0 Å². The Morgan fingerprint density at radius 3 is 2.75 bits per heavy atom. The predicted molar refractivity (Wildman–Crippen MR) is 79.5 cm³/mol. The highest BCUT2D eigenvalue weighted by Crippen LogP contribution is 2.37. The molecule has 0 bridgehead atoms. The van der Waals surface area contributed by atoms with Gasteiger partial charge < -0.3 is 15.2 Å². The number of rotatable bonds is 3. The number of hydrogen-bond acceptors (Lipinski definition) is 3. The van der Waals surface area contributed by atoms with Crippen LogP contribution in [0.15, 0.2) is 42.5 Å². The lowest BCUT2D eigenvalue weighted by Crippen LogP contribution is -2.20. The van der Waals surface area contributed by atoms with Gasteiger partial charge in [-0.15, -0.1) is 0 Å². The molecule has 3 nitrogen and oxygen atoms in total. The Labute approximate surface area is 123 Å². The maximum Gasteiger partial charge on any atom is 0.166 e. The lowest BCUT2D eigenvalue weighted by molar-refractivity contribution is 0.169. The molecule has 0 fully saturated rings. The van der Waals surface area contributed by atoms with Crippen LogP contribution in [0.4, 0.5) is 0 Å². The third-order valence-corrected chi connectivity index (χ3v) is 3.58. The summed E-state index contributed by atoms with van der Waals surface area (Å²) in [6.07, 6.45) is 0.709. The fourth-order valence-electron chi connectivity index (χ4n) is 2.42. The Bertz CT molecular complexity index is 615. The fraction of sp³-hybridized carbons (Fsp3) is 0.250. The van der Waals surface area contributed by atoms with E-state index in [1.165, 1.54) is 0 Å². The van der Waals surface area contributed by atoms with Crippen LogP contribution in [0.3, 0.4) is 0 Å². The molecule has 2 aromatic rings. The molecule has 0 aliphatic carbocycles. The second kappa shape index (κ2) is 5.73. The Balaban J connectivity index is 1.85. The van der Waals surface area contributed by atoms with Crippen LogP contribution < -0.4 is 15.2 Å². The molecule has 0 radical (unpaired) electrons. The Hall–Kier alpha value is -1.71. The molecule has 4 heteroatoms. The largest absolute Gasteiger partial charge is 0.486 e. The fourth-order valence-corrected chi connectivity index (χ4v) is 2.63. The van der Waals surface area contributed by atoms with Gasteiger partial charge in [0.25, 0.3) is 0 Å². The molecule has 1 unspecified atom stereocenters. The molecule has 1 aliphatic rings. The molecular weight excluding hydrogens is 274 g/mol. The van der Waals surface area contributed by atoms with Gasteiger partial charge in [-0.05, 0) is 30.2 Å². The van der Waals surface area contributed by atoms with Gasteiger partial charge in [0.1, 0.15) is 13.2 Å². The second-order valence-electron chi connectivity index (χ2n) is 4.81. The Morgan fingerprint density at radius 1 is 1.10 bits per heavy atom. The summed E-state index contributed by atoms with van der Waals surface area (Å²) in [7, 11) is 0. The van der Waals surface area contributed by atoms with E-state index in [2.05, 4.69) is 0 Å². The summed E-state index contributed by atoms with van der Waals surface area (Å²) in [6, 6.07) is 13.5. The first kappa shape index (κ1) is 13.3.